The molecule has 0 unspecified atom stereocenters. The summed E-state index contributed by atoms with van der Waals surface area (Å²) < 4.78 is 1.89. The molecule has 27 heavy (non-hydrogen) atoms. The number of hydrazone groups is 1. The number of aromatic nitrogens is 2. The van der Waals surface area contributed by atoms with Crippen molar-refractivity contribution in [2.45, 2.75) is 27.3 Å². The van der Waals surface area contributed by atoms with Gasteiger partial charge >= 0.3 is 0 Å². The predicted octanol–water partition coefficient (Wildman–Crippen LogP) is 4.27. The van der Waals surface area contributed by atoms with Gasteiger partial charge in [0.1, 0.15) is 0 Å². The van der Waals surface area contributed by atoms with E-state index >= 15 is 0 Å². The Morgan fingerprint density at radius 1 is 1.15 bits per heavy atom. The molecule has 0 aliphatic rings. The fourth-order valence-electron chi connectivity index (χ4n) is 2.88. The van der Waals surface area contributed by atoms with Gasteiger partial charge in [0.2, 0.25) is 0 Å². The molecular formula is C21H21ClN4O. The van der Waals surface area contributed by atoms with Gasteiger partial charge in [0.25, 0.3) is 5.91 Å². The summed E-state index contributed by atoms with van der Waals surface area (Å²) in [6.45, 7) is 6.36. The molecule has 5 nitrogen and oxygen atoms in total. The predicted molar refractivity (Wildman–Crippen MR) is 108 cm³/mol. The molecule has 1 amide bonds. The monoisotopic (exact) mass is 380 g/mol. The van der Waals surface area contributed by atoms with Crippen LogP contribution in [0.4, 0.5) is 0 Å². The van der Waals surface area contributed by atoms with Crippen molar-refractivity contribution in [1.29, 1.82) is 0 Å². The Morgan fingerprint density at radius 2 is 1.85 bits per heavy atom. The lowest BCUT2D eigenvalue weighted by atomic mass is 10.1. The Morgan fingerprint density at radius 3 is 2.59 bits per heavy atom. The molecule has 3 rings (SSSR count). The first-order valence-electron chi connectivity index (χ1n) is 8.64. The summed E-state index contributed by atoms with van der Waals surface area (Å²) in [4.78, 5) is 12.2. The smallest absolute Gasteiger partial charge is 0.267 e. The number of aryl methyl sites for hydroxylation is 2. The molecule has 1 N–H and O–H groups in total. The van der Waals surface area contributed by atoms with Crippen LogP contribution in [0.25, 0.3) is 0 Å². The molecular weight excluding hydrogens is 360 g/mol. The molecule has 138 valence electrons. The molecule has 0 bridgehead atoms. The Labute approximate surface area is 163 Å². The summed E-state index contributed by atoms with van der Waals surface area (Å²) in [6.07, 6.45) is 1.64. The topological polar surface area (TPSA) is 59.3 Å². The van der Waals surface area contributed by atoms with Gasteiger partial charge in [0.15, 0.2) is 0 Å². The number of rotatable bonds is 5. The van der Waals surface area contributed by atoms with Crippen LogP contribution in [-0.2, 0) is 6.54 Å². The van der Waals surface area contributed by atoms with Crippen LogP contribution in [0.5, 0.6) is 0 Å². The summed E-state index contributed by atoms with van der Waals surface area (Å²) in [5.74, 6) is -0.233. The van der Waals surface area contributed by atoms with Gasteiger partial charge in [0, 0.05) is 21.8 Å². The highest BCUT2D eigenvalue weighted by atomic mass is 35.5. The number of hydrogen-bond donors (Lipinski definition) is 1. The fourth-order valence-corrected chi connectivity index (χ4v) is 3.08. The summed E-state index contributed by atoms with van der Waals surface area (Å²) in [5.41, 5.74) is 7.78. The molecule has 3 aromatic rings. The highest BCUT2D eigenvalue weighted by Gasteiger charge is 2.12. The number of carbonyl (C=O) groups excluding carboxylic acids is 1. The fraction of sp³-hybridized carbons (Fsp3) is 0.190. The van der Waals surface area contributed by atoms with Crippen molar-refractivity contribution in [2.24, 2.45) is 5.10 Å². The molecule has 0 radical (unpaired) electrons. The van der Waals surface area contributed by atoms with Crippen LogP contribution in [-0.4, -0.2) is 21.9 Å². The standard InChI is InChI=1S/C21H21ClN4O/c1-14-8-4-6-10-18(14)21(27)24-23-12-19-15(2)25-26(16(19)3)13-17-9-5-7-11-20(17)22/h4-12H,13H2,1-3H3,(H,24,27)/b23-12-. The second kappa shape index (κ2) is 8.18. The Kier molecular flexibility index (Phi) is 5.72. The lowest BCUT2D eigenvalue weighted by Crippen LogP contribution is -2.18. The van der Waals surface area contributed by atoms with Crippen molar-refractivity contribution in [3.05, 3.63) is 87.2 Å². The second-order valence-corrected chi connectivity index (χ2v) is 6.75. The number of benzene rings is 2. The molecule has 6 heteroatoms. The first-order chi connectivity index (χ1) is 13.0. The molecule has 0 aliphatic heterocycles. The van der Waals surface area contributed by atoms with Crippen molar-refractivity contribution in [3.8, 4) is 0 Å². The number of nitrogens with zero attached hydrogens (tertiary/aromatic N) is 3. The van der Waals surface area contributed by atoms with E-state index in [9.17, 15) is 4.79 Å². The van der Waals surface area contributed by atoms with E-state index in [4.69, 9.17) is 11.6 Å². The average molecular weight is 381 g/mol. The second-order valence-electron chi connectivity index (χ2n) is 6.35. The minimum absolute atomic E-state index is 0.233. The third-order valence-electron chi connectivity index (χ3n) is 4.46. The van der Waals surface area contributed by atoms with Crippen LogP contribution >= 0.6 is 11.6 Å². The third-order valence-corrected chi connectivity index (χ3v) is 4.83. The molecule has 0 fully saturated rings. The first kappa shape index (κ1) is 18.9. The molecule has 0 spiro atoms. The Bertz CT molecular complexity index is 1010. The van der Waals surface area contributed by atoms with Gasteiger partial charge in [-0.05, 0) is 44.0 Å². The number of carbonyl (C=O) groups is 1. The molecule has 0 aliphatic carbocycles. The van der Waals surface area contributed by atoms with E-state index in [1.807, 2.05) is 67.9 Å². The van der Waals surface area contributed by atoms with Crippen molar-refractivity contribution in [3.63, 3.8) is 0 Å². The normalized spacial score (nSPS) is 11.1. The lowest BCUT2D eigenvalue weighted by molar-refractivity contribution is 0.0954. The SMILES string of the molecule is Cc1ccccc1C(=O)N/N=C\c1c(C)nn(Cc2ccccc2Cl)c1C. The molecule has 0 atom stereocenters. The number of amides is 1. The van der Waals surface area contributed by atoms with Gasteiger partial charge in [-0.15, -0.1) is 0 Å². The third kappa shape index (κ3) is 4.26. The van der Waals surface area contributed by atoms with Crippen LogP contribution < -0.4 is 5.43 Å². The maximum atomic E-state index is 12.2. The summed E-state index contributed by atoms with van der Waals surface area (Å²) in [6, 6.07) is 15.1. The van der Waals surface area contributed by atoms with Crippen LogP contribution in [0.3, 0.4) is 0 Å². The molecule has 0 saturated heterocycles. The first-order valence-corrected chi connectivity index (χ1v) is 9.01. The van der Waals surface area contributed by atoms with Crippen molar-refractivity contribution in [2.75, 3.05) is 0 Å². The highest BCUT2D eigenvalue weighted by molar-refractivity contribution is 6.31. The van der Waals surface area contributed by atoms with Crippen molar-refractivity contribution < 1.29 is 4.79 Å². The Balaban J connectivity index is 1.75. The molecule has 1 heterocycles. The zero-order valence-corrected chi connectivity index (χ0v) is 16.3. The lowest BCUT2D eigenvalue weighted by Gasteiger charge is -2.06. The summed E-state index contributed by atoms with van der Waals surface area (Å²) in [7, 11) is 0. The quantitative estimate of drug-likeness (QED) is 0.530. The van der Waals surface area contributed by atoms with E-state index in [-0.39, 0.29) is 5.91 Å². The van der Waals surface area contributed by atoms with Gasteiger partial charge in [-0.2, -0.15) is 10.2 Å². The largest absolute Gasteiger partial charge is 0.271 e. The zero-order chi connectivity index (χ0) is 19.4. The van der Waals surface area contributed by atoms with E-state index in [2.05, 4.69) is 15.6 Å². The number of hydrogen-bond acceptors (Lipinski definition) is 3. The average Bonchev–Trinajstić information content (AvgIpc) is 2.91. The molecule has 2 aromatic carbocycles. The van der Waals surface area contributed by atoms with Crippen molar-refractivity contribution >= 4 is 23.7 Å². The molecule has 1 aromatic heterocycles. The van der Waals surface area contributed by atoms with Crippen LogP contribution in [0.2, 0.25) is 5.02 Å². The maximum absolute atomic E-state index is 12.2. The van der Waals surface area contributed by atoms with Crippen LogP contribution in [0.1, 0.15) is 38.4 Å². The van der Waals surface area contributed by atoms with Crippen molar-refractivity contribution in [1.82, 2.24) is 15.2 Å². The number of nitrogens with one attached hydrogen (secondary N) is 1. The van der Waals surface area contributed by atoms with Gasteiger partial charge in [-0.25, -0.2) is 5.43 Å². The van der Waals surface area contributed by atoms with E-state index in [1.165, 1.54) is 0 Å². The van der Waals surface area contributed by atoms with E-state index in [0.717, 1.165) is 28.1 Å². The van der Waals surface area contributed by atoms with Gasteiger partial charge in [-0.1, -0.05) is 48.0 Å². The molecule has 0 saturated carbocycles. The van der Waals surface area contributed by atoms with E-state index < -0.39 is 0 Å². The maximum Gasteiger partial charge on any atom is 0.271 e. The van der Waals surface area contributed by atoms with E-state index in [0.29, 0.717) is 17.1 Å². The van der Waals surface area contributed by atoms with Gasteiger partial charge in [-0.3, -0.25) is 9.48 Å². The zero-order valence-electron chi connectivity index (χ0n) is 15.5. The van der Waals surface area contributed by atoms with Gasteiger partial charge < -0.3 is 0 Å². The minimum atomic E-state index is -0.233. The van der Waals surface area contributed by atoms with Crippen LogP contribution in [0.15, 0.2) is 53.6 Å². The highest BCUT2D eigenvalue weighted by Crippen LogP contribution is 2.18. The summed E-state index contributed by atoms with van der Waals surface area (Å²) in [5, 5.41) is 9.40. The van der Waals surface area contributed by atoms with E-state index in [1.54, 1.807) is 12.3 Å². The minimum Gasteiger partial charge on any atom is -0.267 e. The number of halogens is 1. The van der Waals surface area contributed by atoms with Gasteiger partial charge in [0.05, 0.1) is 18.5 Å². The van der Waals surface area contributed by atoms with Crippen LogP contribution in [0, 0.1) is 20.8 Å². The summed E-state index contributed by atoms with van der Waals surface area (Å²) >= 11 is 6.25. The Hall–Kier alpha value is -2.92.